The first kappa shape index (κ1) is 16.8. The van der Waals surface area contributed by atoms with E-state index in [0.29, 0.717) is 11.7 Å². The van der Waals surface area contributed by atoms with E-state index in [1.54, 1.807) is 11.3 Å². The van der Waals surface area contributed by atoms with Crippen LogP contribution in [0.1, 0.15) is 43.3 Å². The van der Waals surface area contributed by atoms with Crippen molar-refractivity contribution in [2.75, 3.05) is 18.9 Å². The molecule has 3 aromatic heterocycles. The van der Waals surface area contributed by atoms with Crippen LogP contribution in [0.4, 0.5) is 5.82 Å². The maximum atomic E-state index is 6.27. The highest BCUT2D eigenvalue weighted by Crippen LogP contribution is 2.35. The molecule has 0 aromatic carbocycles. The lowest BCUT2D eigenvalue weighted by Gasteiger charge is -2.23. The number of nitrogens with two attached hydrogens (primary N) is 1. The number of thiophene rings is 1. The number of nitrogens with zero attached hydrogens (tertiary/aromatic N) is 3. The molecule has 0 saturated carbocycles. The second-order valence-electron chi connectivity index (χ2n) is 7.06. The molecule has 0 spiro atoms. The number of pyridine rings is 1. The summed E-state index contributed by atoms with van der Waals surface area (Å²) in [5.41, 5.74) is 9.35. The first-order valence-electron chi connectivity index (χ1n) is 9.29. The molecule has 0 amide bonds. The Balaban J connectivity index is 1.88. The number of aryl methyl sites for hydroxylation is 2. The first-order valence-corrected chi connectivity index (χ1v) is 10.1. The predicted octanol–water partition coefficient (Wildman–Crippen LogP) is 4.31. The monoisotopic (exact) mass is 358 g/mol. The minimum absolute atomic E-state index is 0.559. The minimum Gasteiger partial charge on any atom is -0.382 e. The smallest absolute Gasteiger partial charge is 0.152 e. The molecular formula is C19H26N4OS. The van der Waals surface area contributed by atoms with Gasteiger partial charge in [0, 0.05) is 31.1 Å². The number of aromatic nitrogens is 3. The Morgan fingerprint density at radius 2 is 2.12 bits per heavy atom. The van der Waals surface area contributed by atoms with Gasteiger partial charge >= 0.3 is 0 Å². The van der Waals surface area contributed by atoms with Gasteiger partial charge in [-0.1, -0.05) is 13.3 Å². The minimum atomic E-state index is 0.559. The molecule has 1 saturated heterocycles. The van der Waals surface area contributed by atoms with Crippen molar-refractivity contribution in [3.8, 4) is 0 Å². The zero-order valence-electron chi connectivity index (χ0n) is 15.0. The van der Waals surface area contributed by atoms with E-state index in [1.807, 2.05) is 0 Å². The summed E-state index contributed by atoms with van der Waals surface area (Å²) in [6, 6.07) is 2.13. The number of nitrogen functional groups attached to an aromatic ring is 1. The van der Waals surface area contributed by atoms with Crippen molar-refractivity contribution in [2.45, 2.75) is 52.5 Å². The third kappa shape index (κ3) is 3.13. The van der Waals surface area contributed by atoms with Crippen LogP contribution in [0.15, 0.2) is 6.07 Å². The topological polar surface area (TPSA) is 66.0 Å². The lowest BCUT2D eigenvalue weighted by atomic mass is 10.00. The van der Waals surface area contributed by atoms with Gasteiger partial charge in [-0.2, -0.15) is 0 Å². The average molecular weight is 359 g/mol. The summed E-state index contributed by atoms with van der Waals surface area (Å²) in [6.45, 7) is 7.11. The van der Waals surface area contributed by atoms with E-state index < -0.39 is 0 Å². The van der Waals surface area contributed by atoms with Crippen LogP contribution in [-0.4, -0.2) is 27.7 Å². The quantitative estimate of drug-likeness (QED) is 0.738. The molecule has 0 unspecified atom stereocenters. The Bertz CT molecular complexity index is 892. The number of ether oxygens (including phenoxy) is 1. The number of hydrogen-bond acceptors (Lipinski definition) is 5. The zero-order chi connectivity index (χ0) is 17.4. The molecule has 0 radical (unpaired) electrons. The molecule has 6 heteroatoms. The number of fused-ring (bicyclic) bond motifs is 3. The van der Waals surface area contributed by atoms with Crippen LogP contribution in [0.3, 0.4) is 0 Å². The summed E-state index contributed by atoms with van der Waals surface area (Å²) in [5, 5.41) is 0. The van der Waals surface area contributed by atoms with E-state index in [0.717, 1.165) is 62.3 Å². The van der Waals surface area contributed by atoms with Crippen molar-refractivity contribution >= 4 is 38.4 Å². The maximum Gasteiger partial charge on any atom is 0.152 e. The van der Waals surface area contributed by atoms with Crippen LogP contribution in [0.2, 0.25) is 0 Å². The van der Waals surface area contributed by atoms with Gasteiger partial charge in [0.15, 0.2) is 5.82 Å². The zero-order valence-corrected chi connectivity index (χ0v) is 15.9. The summed E-state index contributed by atoms with van der Waals surface area (Å²) in [5.74, 6) is 2.37. The van der Waals surface area contributed by atoms with Gasteiger partial charge in [0.25, 0.3) is 0 Å². The van der Waals surface area contributed by atoms with Crippen LogP contribution in [0.5, 0.6) is 0 Å². The van der Waals surface area contributed by atoms with Gasteiger partial charge in [-0.25, -0.2) is 9.97 Å². The normalized spacial score (nSPS) is 16.2. The Hall–Kier alpha value is -1.66. The highest BCUT2D eigenvalue weighted by Gasteiger charge is 2.22. The van der Waals surface area contributed by atoms with Crippen molar-refractivity contribution in [1.82, 2.24) is 14.5 Å². The molecule has 0 bridgehead atoms. The Labute approximate surface area is 152 Å². The third-order valence-electron chi connectivity index (χ3n) is 5.12. The number of imidazole rings is 1. The van der Waals surface area contributed by atoms with E-state index in [-0.39, 0.29) is 0 Å². The Kier molecular flexibility index (Phi) is 4.65. The fraction of sp³-hybridized carbons (Fsp3) is 0.579. The third-order valence-corrected chi connectivity index (χ3v) is 6.16. The fourth-order valence-corrected chi connectivity index (χ4v) is 4.76. The molecule has 134 valence electrons. The summed E-state index contributed by atoms with van der Waals surface area (Å²) < 4.78 is 9.21. The molecule has 25 heavy (non-hydrogen) atoms. The molecule has 3 aromatic rings. The molecule has 1 fully saturated rings. The van der Waals surface area contributed by atoms with Crippen LogP contribution < -0.4 is 5.73 Å². The van der Waals surface area contributed by atoms with Gasteiger partial charge < -0.3 is 15.0 Å². The van der Waals surface area contributed by atoms with Gasteiger partial charge in [0.1, 0.15) is 11.3 Å². The molecule has 1 aliphatic heterocycles. The molecule has 0 aliphatic carbocycles. The molecule has 4 rings (SSSR count). The van der Waals surface area contributed by atoms with Crippen LogP contribution in [-0.2, 0) is 17.7 Å². The molecular weight excluding hydrogens is 332 g/mol. The predicted molar refractivity (Wildman–Crippen MR) is 104 cm³/mol. The first-order chi connectivity index (χ1) is 12.2. The highest BCUT2D eigenvalue weighted by atomic mass is 32.1. The molecule has 5 nitrogen and oxygen atoms in total. The molecule has 0 atom stereocenters. The van der Waals surface area contributed by atoms with Crippen molar-refractivity contribution in [2.24, 2.45) is 5.92 Å². The molecule has 2 N–H and O–H groups in total. The number of rotatable bonds is 5. The van der Waals surface area contributed by atoms with Crippen molar-refractivity contribution in [3.63, 3.8) is 0 Å². The van der Waals surface area contributed by atoms with E-state index in [9.17, 15) is 0 Å². The largest absolute Gasteiger partial charge is 0.382 e. The van der Waals surface area contributed by atoms with Crippen molar-refractivity contribution in [1.29, 1.82) is 0 Å². The maximum absolute atomic E-state index is 6.27. The standard InChI is InChI=1S/C19H26N4OS/c1-3-4-5-15-22-16-17(23(15)11-13-6-8-24-9-7-13)18-14(21-19(16)20)10-12(2)25-18/h10,13H,3-9,11H2,1-2H3,(H2,20,21). The fourth-order valence-electron chi connectivity index (χ4n) is 3.75. The van der Waals surface area contributed by atoms with Crippen LogP contribution >= 0.6 is 11.3 Å². The summed E-state index contributed by atoms with van der Waals surface area (Å²) in [7, 11) is 0. The van der Waals surface area contributed by atoms with E-state index in [4.69, 9.17) is 15.5 Å². The Morgan fingerprint density at radius 1 is 1.32 bits per heavy atom. The van der Waals surface area contributed by atoms with Gasteiger partial charge in [-0.15, -0.1) is 11.3 Å². The molecule has 1 aliphatic rings. The summed E-state index contributed by atoms with van der Waals surface area (Å²) in [4.78, 5) is 10.8. The van der Waals surface area contributed by atoms with E-state index in [1.165, 1.54) is 21.5 Å². The van der Waals surface area contributed by atoms with Gasteiger partial charge in [0.05, 0.1) is 15.7 Å². The summed E-state index contributed by atoms with van der Waals surface area (Å²) in [6.07, 6.45) is 5.57. The van der Waals surface area contributed by atoms with Crippen LogP contribution in [0, 0.1) is 12.8 Å². The number of anilines is 1. The number of unbranched alkanes of at least 4 members (excludes halogenated alkanes) is 1. The molecule has 4 heterocycles. The van der Waals surface area contributed by atoms with Crippen molar-refractivity contribution < 1.29 is 4.74 Å². The van der Waals surface area contributed by atoms with Crippen LogP contribution in [0.25, 0.3) is 21.3 Å². The van der Waals surface area contributed by atoms with Gasteiger partial charge in [0.2, 0.25) is 0 Å². The summed E-state index contributed by atoms with van der Waals surface area (Å²) >= 11 is 1.80. The second kappa shape index (κ2) is 6.92. The SMILES string of the molecule is CCCCc1nc2c(N)nc3cc(C)sc3c2n1CC1CCOCC1. The van der Waals surface area contributed by atoms with Gasteiger partial charge in [-0.05, 0) is 38.2 Å². The van der Waals surface area contributed by atoms with E-state index >= 15 is 0 Å². The lowest BCUT2D eigenvalue weighted by Crippen LogP contribution is -2.21. The van der Waals surface area contributed by atoms with E-state index in [2.05, 4.69) is 29.5 Å². The number of hydrogen-bond donors (Lipinski definition) is 1. The van der Waals surface area contributed by atoms with Gasteiger partial charge in [-0.3, -0.25) is 0 Å². The van der Waals surface area contributed by atoms with Crippen molar-refractivity contribution in [3.05, 3.63) is 16.8 Å². The lowest BCUT2D eigenvalue weighted by molar-refractivity contribution is 0.0613. The average Bonchev–Trinajstić information content (AvgIpc) is 3.14. The Morgan fingerprint density at radius 3 is 2.88 bits per heavy atom. The second-order valence-corrected chi connectivity index (χ2v) is 8.32. The highest BCUT2D eigenvalue weighted by molar-refractivity contribution is 7.19.